The maximum Gasteiger partial charge on any atom is 1.00 e. The third-order valence-corrected chi connectivity index (χ3v) is 1.02. The van der Waals surface area contributed by atoms with Crippen LogP contribution in [-0.4, -0.2) is 37.3 Å². The second-order valence-electron chi connectivity index (χ2n) is 1.67. The Labute approximate surface area is 128 Å². The molecule has 11 heavy (non-hydrogen) atoms. The molecular weight excluding hydrogens is 364 g/mol. The van der Waals surface area contributed by atoms with E-state index in [1.54, 1.807) is 30.3 Å². The first kappa shape index (κ1) is 14.7. The molecule has 0 aliphatic carbocycles. The summed E-state index contributed by atoms with van der Waals surface area (Å²) in [6.45, 7) is 0. The van der Waals surface area contributed by atoms with Gasteiger partial charge in [0.2, 0.25) is 0 Å². The van der Waals surface area contributed by atoms with Crippen molar-refractivity contribution in [3.63, 3.8) is 0 Å². The molecule has 1 aromatic carbocycles. The fourth-order valence-electron chi connectivity index (χ4n) is 0.581. The van der Waals surface area contributed by atoms with Crippen LogP contribution in [0.2, 0.25) is 0 Å². The van der Waals surface area contributed by atoms with Gasteiger partial charge in [-0.25, -0.2) is 4.79 Å². The summed E-state index contributed by atoms with van der Waals surface area (Å²) in [6, 6.07) is 8.30. The van der Waals surface area contributed by atoms with E-state index < -0.39 is 5.97 Å². The monoisotopic (exact) mass is 374 g/mol. The third kappa shape index (κ3) is 5.45. The summed E-state index contributed by atoms with van der Waals surface area (Å²) in [4.78, 5) is 10.2. The molecule has 56 valence electrons. The Morgan fingerprint density at radius 2 is 1.73 bits per heavy atom. The third-order valence-electron chi connectivity index (χ3n) is 1.02. The van der Waals surface area contributed by atoms with Crippen LogP contribution in [0.5, 0.6) is 0 Å². The molecule has 0 atom stereocenters. The van der Waals surface area contributed by atoms with Gasteiger partial charge in [0.1, 0.15) is 0 Å². The molecule has 0 amide bonds. The van der Waals surface area contributed by atoms with Gasteiger partial charge in [-0.15, -0.1) is 0 Å². The van der Waals surface area contributed by atoms with E-state index in [1.165, 1.54) is 0 Å². The number of rotatable bonds is 1. The van der Waals surface area contributed by atoms with Gasteiger partial charge >= 0.3 is 83.6 Å². The summed E-state index contributed by atoms with van der Waals surface area (Å²) in [7, 11) is 0. The summed E-state index contributed by atoms with van der Waals surface area (Å²) in [6.07, 6.45) is 0. The fourth-order valence-corrected chi connectivity index (χ4v) is 0.581. The molecule has 0 spiro atoms. The minimum absolute atomic E-state index is 0. The number of aromatic carboxylic acids is 1. The summed E-state index contributed by atoms with van der Waals surface area (Å²) in [5.74, 6) is -0.879. The molecule has 0 unspecified atom stereocenters. The molecule has 0 saturated heterocycles. The number of benzene rings is 1. The zero-order chi connectivity index (χ0) is 6.69. The number of carbonyl (C=O) groups is 1. The summed E-state index contributed by atoms with van der Waals surface area (Å²) < 4.78 is 0. The van der Waals surface area contributed by atoms with Crippen LogP contribution in [0.3, 0.4) is 0 Å². The van der Waals surface area contributed by atoms with Gasteiger partial charge in [0, 0.05) is 0 Å². The van der Waals surface area contributed by atoms with Crippen molar-refractivity contribution in [1.29, 1.82) is 0 Å². The maximum absolute atomic E-state index is 10.2. The van der Waals surface area contributed by atoms with Gasteiger partial charge < -0.3 is 6.53 Å². The molecule has 0 heterocycles. The van der Waals surface area contributed by atoms with Crippen molar-refractivity contribution in [2.24, 2.45) is 0 Å². The van der Waals surface area contributed by atoms with E-state index in [9.17, 15) is 4.79 Å². The van der Waals surface area contributed by atoms with Gasteiger partial charge in [-0.2, -0.15) is 0 Å². The van der Waals surface area contributed by atoms with Crippen molar-refractivity contribution < 1.29 is 62.7 Å². The molecule has 0 radical (unpaired) electrons. The van der Waals surface area contributed by atoms with E-state index in [2.05, 4.69) is 0 Å². The first-order chi connectivity index (χ1) is 4.30. The second kappa shape index (κ2) is 7.84. The smallest absolute Gasteiger partial charge is 1.00 e. The largest absolute Gasteiger partial charge is 1.00 e. The van der Waals surface area contributed by atoms with E-state index in [4.69, 9.17) is 5.11 Å². The SMILES string of the molecule is O=C(O)c1ccccc1.[BiH3].[H-].[K+]. The first-order valence-corrected chi connectivity index (χ1v) is 2.59. The van der Waals surface area contributed by atoms with Crippen LogP contribution in [0.1, 0.15) is 11.8 Å². The molecule has 0 aromatic heterocycles. The van der Waals surface area contributed by atoms with Crippen LogP contribution in [0.4, 0.5) is 0 Å². The molecule has 0 saturated carbocycles. The molecule has 0 aliphatic heterocycles. The standard InChI is InChI=1S/C7H6O2.Bi.K.4H/c8-7(9)6-4-2-1-3-5-6;;;;;;/h1-5H,(H,8,9);;;;;;/q;;+1;;;;-1. The zero-order valence-electron chi connectivity index (χ0n) is 7.45. The fraction of sp³-hybridized carbons (Fsp3) is 0. The van der Waals surface area contributed by atoms with E-state index in [-0.39, 0.29) is 79.0 Å². The predicted octanol–water partition coefficient (Wildman–Crippen LogP) is -2.68. The number of carboxylic acid groups (broad SMARTS) is 1. The molecule has 1 N–H and O–H groups in total. The van der Waals surface area contributed by atoms with Gasteiger partial charge in [0.25, 0.3) is 0 Å². The molecule has 2 nitrogen and oxygen atoms in total. The van der Waals surface area contributed by atoms with Crippen molar-refractivity contribution in [2.45, 2.75) is 0 Å². The van der Waals surface area contributed by atoms with E-state index >= 15 is 0 Å². The Kier molecular flexibility index (Phi) is 10.5. The summed E-state index contributed by atoms with van der Waals surface area (Å²) in [5.41, 5.74) is 0.331. The van der Waals surface area contributed by atoms with Gasteiger partial charge in [-0.3, -0.25) is 0 Å². The topological polar surface area (TPSA) is 37.3 Å². The normalized spacial score (nSPS) is 7.27. The van der Waals surface area contributed by atoms with Crippen molar-refractivity contribution in [1.82, 2.24) is 0 Å². The molecular formula is C7H10BiKO2. The van der Waals surface area contributed by atoms with Crippen LogP contribution in [0.15, 0.2) is 30.3 Å². The van der Waals surface area contributed by atoms with Crippen molar-refractivity contribution in [3.8, 4) is 0 Å². The first-order valence-electron chi connectivity index (χ1n) is 2.59. The minimum Gasteiger partial charge on any atom is -1.00 e. The number of hydrogen-bond acceptors (Lipinski definition) is 1. The predicted molar refractivity (Wildman–Crippen MR) is 44.5 cm³/mol. The van der Waals surface area contributed by atoms with Crippen LogP contribution in [-0.2, 0) is 0 Å². The zero-order valence-corrected chi connectivity index (χ0v) is 15.1. The van der Waals surface area contributed by atoms with Crippen molar-refractivity contribution in [2.75, 3.05) is 0 Å². The van der Waals surface area contributed by atoms with Gasteiger partial charge in [-0.1, -0.05) is 18.2 Å². The average Bonchev–Trinajstić information content (AvgIpc) is 1.90. The Balaban J connectivity index is -0.000000270. The second-order valence-corrected chi connectivity index (χ2v) is 1.67. The summed E-state index contributed by atoms with van der Waals surface area (Å²) in [5, 5.41) is 8.38. The van der Waals surface area contributed by atoms with Crippen LogP contribution in [0.25, 0.3) is 0 Å². The average molecular weight is 374 g/mol. The van der Waals surface area contributed by atoms with Crippen molar-refractivity contribution >= 4 is 32.2 Å². The molecule has 0 aliphatic rings. The summed E-state index contributed by atoms with van der Waals surface area (Å²) >= 11 is 0. The van der Waals surface area contributed by atoms with Gasteiger partial charge in [-0.05, 0) is 12.1 Å². The van der Waals surface area contributed by atoms with E-state index in [0.29, 0.717) is 5.56 Å². The minimum atomic E-state index is -0.879. The van der Waals surface area contributed by atoms with Gasteiger partial charge in [0.15, 0.2) is 0 Å². The Morgan fingerprint density at radius 3 is 2.00 bits per heavy atom. The van der Waals surface area contributed by atoms with Gasteiger partial charge in [0.05, 0.1) is 5.56 Å². The molecule has 0 fully saturated rings. The number of carboxylic acids is 1. The quantitative estimate of drug-likeness (QED) is 0.544. The molecule has 1 aromatic rings. The van der Waals surface area contributed by atoms with Crippen LogP contribution >= 0.6 is 0 Å². The molecule has 0 bridgehead atoms. The van der Waals surface area contributed by atoms with Crippen molar-refractivity contribution in [3.05, 3.63) is 35.9 Å². The molecule has 1 rings (SSSR count). The maximum atomic E-state index is 10.2. The molecule has 4 heteroatoms. The Hall–Kier alpha value is 1.21. The Bertz CT molecular complexity index is 218. The Morgan fingerprint density at radius 1 is 1.27 bits per heavy atom. The van der Waals surface area contributed by atoms with E-state index in [0.717, 1.165) is 0 Å². The van der Waals surface area contributed by atoms with Crippen LogP contribution in [0, 0.1) is 0 Å². The van der Waals surface area contributed by atoms with Crippen LogP contribution < -0.4 is 51.4 Å². The van der Waals surface area contributed by atoms with E-state index in [1.807, 2.05) is 0 Å². The number of hydrogen-bond donors (Lipinski definition) is 1.